The number of nitrogens with one attached hydrogen (secondary N) is 2. The van der Waals surface area contributed by atoms with Gasteiger partial charge in [-0.2, -0.15) is 0 Å². The van der Waals surface area contributed by atoms with Gasteiger partial charge in [-0.05, 0) is 36.8 Å². The lowest BCUT2D eigenvalue weighted by Gasteiger charge is -2.60. The molecule has 4 aliphatic rings. The predicted molar refractivity (Wildman–Crippen MR) is 102 cm³/mol. The van der Waals surface area contributed by atoms with Crippen molar-refractivity contribution in [2.75, 3.05) is 0 Å². The van der Waals surface area contributed by atoms with Gasteiger partial charge in [0.15, 0.2) is 0 Å². The Morgan fingerprint density at radius 1 is 1.25 bits per heavy atom. The maximum atomic E-state index is 13.1. The minimum absolute atomic E-state index is 0.106. The van der Waals surface area contributed by atoms with Crippen LogP contribution in [-0.4, -0.2) is 40.7 Å². The van der Waals surface area contributed by atoms with E-state index >= 15 is 0 Å². The number of hydrogen-bond donors (Lipinski definition) is 3. The monoisotopic (exact) mass is 382 g/mol. The number of nitrogens with zero attached hydrogens (tertiary/aromatic N) is 1. The quantitative estimate of drug-likeness (QED) is 0.669. The van der Waals surface area contributed by atoms with Crippen molar-refractivity contribution >= 4 is 17.7 Å². The van der Waals surface area contributed by atoms with E-state index in [0.29, 0.717) is 37.2 Å². The molecule has 1 aromatic rings. The molecule has 3 unspecified atom stereocenters. The number of imide groups is 1. The molecular formula is C21H26N4O3. The van der Waals surface area contributed by atoms with Gasteiger partial charge in [0.1, 0.15) is 6.04 Å². The molecule has 3 amide bonds. The van der Waals surface area contributed by atoms with Crippen LogP contribution in [0.2, 0.25) is 0 Å². The number of rotatable bonds is 4. The van der Waals surface area contributed by atoms with Gasteiger partial charge in [0, 0.05) is 42.6 Å². The smallest absolute Gasteiger partial charge is 0.255 e. The maximum Gasteiger partial charge on any atom is 0.255 e. The number of carbonyl (C=O) groups is 3. The molecule has 2 aliphatic heterocycles. The molecule has 2 heterocycles. The molecule has 7 heteroatoms. The zero-order valence-electron chi connectivity index (χ0n) is 15.9. The molecule has 0 radical (unpaired) electrons. The second-order valence-electron chi connectivity index (χ2n) is 8.71. The van der Waals surface area contributed by atoms with Crippen LogP contribution in [0.15, 0.2) is 18.2 Å². The van der Waals surface area contributed by atoms with Gasteiger partial charge in [0.05, 0.1) is 0 Å². The highest BCUT2D eigenvalue weighted by Crippen LogP contribution is 2.55. The van der Waals surface area contributed by atoms with Crippen LogP contribution in [0.4, 0.5) is 0 Å². The first-order valence-corrected chi connectivity index (χ1v) is 10.2. The number of piperidine rings is 1. The van der Waals surface area contributed by atoms with Crippen LogP contribution in [0.5, 0.6) is 0 Å². The van der Waals surface area contributed by atoms with E-state index in [9.17, 15) is 14.4 Å². The van der Waals surface area contributed by atoms with Gasteiger partial charge in [0.2, 0.25) is 11.8 Å². The molecular weight excluding hydrogens is 356 g/mol. The SMILES string of the molecule is NC1CC(NCc2cccc3c2C(=O)N(C2CCC(=O)NC2=O)C3)C12CCC2. The van der Waals surface area contributed by atoms with Crippen molar-refractivity contribution in [1.29, 1.82) is 0 Å². The Morgan fingerprint density at radius 3 is 2.75 bits per heavy atom. The number of hydrogen-bond acceptors (Lipinski definition) is 5. The van der Waals surface area contributed by atoms with Crippen molar-refractivity contribution in [3.05, 3.63) is 34.9 Å². The zero-order chi connectivity index (χ0) is 19.5. The Labute approximate surface area is 164 Å². The third-order valence-corrected chi connectivity index (χ3v) is 7.38. The van der Waals surface area contributed by atoms with E-state index in [-0.39, 0.29) is 29.6 Å². The summed E-state index contributed by atoms with van der Waals surface area (Å²) < 4.78 is 0. The topological polar surface area (TPSA) is 105 Å². The summed E-state index contributed by atoms with van der Waals surface area (Å²) >= 11 is 0. The second kappa shape index (κ2) is 6.39. The maximum absolute atomic E-state index is 13.1. The second-order valence-corrected chi connectivity index (χ2v) is 8.71. The molecule has 2 saturated carbocycles. The summed E-state index contributed by atoms with van der Waals surface area (Å²) in [7, 11) is 0. The van der Waals surface area contributed by atoms with Crippen LogP contribution in [0.3, 0.4) is 0 Å². The molecule has 7 nitrogen and oxygen atoms in total. The summed E-state index contributed by atoms with van der Waals surface area (Å²) in [5.74, 6) is -0.739. The van der Waals surface area contributed by atoms with E-state index in [0.717, 1.165) is 17.5 Å². The fourth-order valence-corrected chi connectivity index (χ4v) is 5.48. The number of benzene rings is 1. The van der Waals surface area contributed by atoms with Crippen LogP contribution in [0.1, 0.15) is 60.0 Å². The molecule has 5 rings (SSSR count). The predicted octanol–water partition coefficient (Wildman–Crippen LogP) is 0.807. The third kappa shape index (κ3) is 2.53. The van der Waals surface area contributed by atoms with Crippen LogP contribution < -0.4 is 16.4 Å². The Hall–Kier alpha value is -2.25. The summed E-state index contributed by atoms with van der Waals surface area (Å²) in [5, 5.41) is 6.00. The minimum atomic E-state index is -0.568. The molecule has 1 spiro atoms. The van der Waals surface area contributed by atoms with Gasteiger partial charge in [-0.1, -0.05) is 24.6 Å². The van der Waals surface area contributed by atoms with Crippen molar-refractivity contribution in [3.8, 4) is 0 Å². The Balaban J connectivity index is 1.32. The molecule has 3 fully saturated rings. The highest BCUT2D eigenvalue weighted by Gasteiger charge is 2.56. The van der Waals surface area contributed by atoms with E-state index in [1.807, 2.05) is 18.2 Å². The summed E-state index contributed by atoms with van der Waals surface area (Å²) in [4.78, 5) is 38.4. The first-order chi connectivity index (χ1) is 13.5. The van der Waals surface area contributed by atoms with Crippen molar-refractivity contribution in [2.45, 2.75) is 69.7 Å². The average Bonchev–Trinajstić information content (AvgIpc) is 2.94. The van der Waals surface area contributed by atoms with Crippen molar-refractivity contribution in [2.24, 2.45) is 11.1 Å². The van der Waals surface area contributed by atoms with Crippen LogP contribution in [-0.2, 0) is 22.7 Å². The van der Waals surface area contributed by atoms with Crippen LogP contribution >= 0.6 is 0 Å². The van der Waals surface area contributed by atoms with Gasteiger partial charge in [-0.15, -0.1) is 0 Å². The minimum Gasteiger partial charge on any atom is -0.327 e. The van der Waals surface area contributed by atoms with Gasteiger partial charge in [-0.3, -0.25) is 19.7 Å². The molecule has 148 valence electrons. The molecule has 1 aromatic carbocycles. The number of fused-ring (bicyclic) bond motifs is 1. The molecule has 1 saturated heterocycles. The summed E-state index contributed by atoms with van der Waals surface area (Å²) in [6, 6.07) is 6.07. The van der Waals surface area contributed by atoms with E-state index < -0.39 is 6.04 Å². The zero-order valence-corrected chi connectivity index (χ0v) is 15.9. The molecule has 3 atom stereocenters. The molecule has 28 heavy (non-hydrogen) atoms. The van der Waals surface area contributed by atoms with Crippen molar-refractivity contribution < 1.29 is 14.4 Å². The Morgan fingerprint density at radius 2 is 2.07 bits per heavy atom. The fourth-order valence-electron chi connectivity index (χ4n) is 5.48. The number of carbonyl (C=O) groups excluding carboxylic acids is 3. The summed E-state index contributed by atoms with van der Waals surface area (Å²) in [5.41, 5.74) is 9.16. The standard InChI is InChI=1S/C21H26N4O3/c22-15-9-16(21(15)7-2-8-21)23-10-12-3-1-4-13-11-25(20(28)18(12)13)14-5-6-17(26)24-19(14)27/h1,3-4,14-16,23H,2,5-11,22H2,(H,24,26,27). The van der Waals surface area contributed by atoms with E-state index in [4.69, 9.17) is 5.73 Å². The highest BCUT2D eigenvalue weighted by molar-refractivity contribution is 6.05. The van der Waals surface area contributed by atoms with Gasteiger partial charge in [-0.25, -0.2) is 0 Å². The first-order valence-electron chi connectivity index (χ1n) is 10.2. The van der Waals surface area contributed by atoms with E-state index in [1.54, 1.807) is 4.90 Å². The van der Waals surface area contributed by atoms with Gasteiger partial charge in [0.25, 0.3) is 5.91 Å². The normalized spacial score (nSPS) is 30.7. The average molecular weight is 382 g/mol. The van der Waals surface area contributed by atoms with Crippen LogP contribution in [0.25, 0.3) is 0 Å². The van der Waals surface area contributed by atoms with Gasteiger partial charge >= 0.3 is 0 Å². The lowest BCUT2D eigenvalue weighted by molar-refractivity contribution is -0.136. The summed E-state index contributed by atoms with van der Waals surface area (Å²) in [6.07, 6.45) is 5.30. The highest BCUT2D eigenvalue weighted by atomic mass is 16.2. The van der Waals surface area contributed by atoms with E-state index in [1.165, 1.54) is 19.3 Å². The molecule has 0 bridgehead atoms. The number of nitrogens with two attached hydrogens (primary N) is 1. The lowest BCUT2D eigenvalue weighted by Crippen LogP contribution is -2.69. The van der Waals surface area contributed by atoms with Crippen molar-refractivity contribution in [1.82, 2.24) is 15.5 Å². The Kier molecular flexibility index (Phi) is 4.07. The Bertz CT molecular complexity index is 863. The van der Waals surface area contributed by atoms with E-state index in [2.05, 4.69) is 10.6 Å². The van der Waals surface area contributed by atoms with Crippen molar-refractivity contribution in [3.63, 3.8) is 0 Å². The third-order valence-electron chi connectivity index (χ3n) is 7.38. The first kappa shape index (κ1) is 17.8. The number of amides is 3. The molecule has 0 aromatic heterocycles. The van der Waals surface area contributed by atoms with Gasteiger partial charge < -0.3 is 16.0 Å². The molecule has 2 aliphatic carbocycles. The fraction of sp³-hybridized carbons (Fsp3) is 0.571. The summed E-state index contributed by atoms with van der Waals surface area (Å²) in [6.45, 7) is 1.06. The van der Waals surface area contributed by atoms with Crippen LogP contribution in [0, 0.1) is 5.41 Å². The largest absolute Gasteiger partial charge is 0.327 e. The molecule has 4 N–H and O–H groups in total. The lowest BCUT2D eigenvalue weighted by atomic mass is 9.50.